The smallest absolute Gasteiger partial charge is 0.137 e. The largest absolute Gasteiger partial charge is 0.314 e. The summed E-state index contributed by atoms with van der Waals surface area (Å²) in [5.41, 5.74) is 0.762. The van der Waals surface area contributed by atoms with Gasteiger partial charge >= 0.3 is 0 Å². The van der Waals surface area contributed by atoms with E-state index in [1.807, 2.05) is 0 Å². The van der Waals surface area contributed by atoms with Crippen LogP contribution in [-0.4, -0.2) is 27.8 Å². The average Bonchev–Trinajstić information content (AvgIpc) is 3.09. The molecule has 0 unspecified atom stereocenters. The lowest BCUT2D eigenvalue weighted by Gasteiger charge is -2.37. The van der Waals surface area contributed by atoms with Crippen molar-refractivity contribution in [1.82, 2.24) is 20.5 Å². The van der Waals surface area contributed by atoms with Crippen LogP contribution in [0.4, 0.5) is 0 Å². The monoisotopic (exact) mass is 262 g/mol. The third kappa shape index (κ3) is 3.35. The Bertz CT molecular complexity index is 358. The topological polar surface area (TPSA) is 53.6 Å². The summed E-state index contributed by atoms with van der Waals surface area (Å²) >= 11 is 0. The second-order valence-electron chi connectivity index (χ2n) is 6.47. The lowest BCUT2D eigenvalue weighted by molar-refractivity contribution is 0.168. The fraction of sp³-hybridized carbons (Fsp3) is 0.867. The van der Waals surface area contributed by atoms with Crippen LogP contribution in [-0.2, 0) is 6.42 Å². The van der Waals surface area contributed by atoms with Crippen molar-refractivity contribution < 1.29 is 0 Å². The van der Waals surface area contributed by atoms with E-state index in [4.69, 9.17) is 0 Å². The van der Waals surface area contributed by atoms with E-state index in [1.165, 1.54) is 51.4 Å². The van der Waals surface area contributed by atoms with Crippen LogP contribution in [0.2, 0.25) is 0 Å². The molecule has 0 aliphatic heterocycles. The van der Waals surface area contributed by atoms with Crippen LogP contribution in [0.3, 0.4) is 0 Å². The molecule has 106 valence electrons. The fourth-order valence-electron chi connectivity index (χ4n) is 3.97. The van der Waals surface area contributed by atoms with E-state index >= 15 is 0 Å². The Kier molecular flexibility index (Phi) is 4.16. The zero-order valence-electron chi connectivity index (χ0n) is 11.8. The van der Waals surface area contributed by atoms with Gasteiger partial charge in [0.15, 0.2) is 0 Å². The zero-order chi connectivity index (χ0) is 13.0. The third-order valence-electron chi connectivity index (χ3n) is 5.20. The first-order valence-electron chi connectivity index (χ1n) is 7.94. The molecule has 4 nitrogen and oxygen atoms in total. The van der Waals surface area contributed by atoms with Gasteiger partial charge in [0.25, 0.3) is 0 Å². The van der Waals surface area contributed by atoms with Gasteiger partial charge in [0, 0.05) is 12.5 Å². The Hall–Kier alpha value is -0.900. The van der Waals surface area contributed by atoms with Crippen LogP contribution in [0.25, 0.3) is 0 Å². The van der Waals surface area contributed by atoms with Gasteiger partial charge in [-0.3, -0.25) is 5.10 Å². The van der Waals surface area contributed by atoms with Gasteiger partial charge in [0.2, 0.25) is 0 Å². The second-order valence-corrected chi connectivity index (χ2v) is 6.47. The summed E-state index contributed by atoms with van der Waals surface area (Å²) in [6, 6.07) is 0.765. The van der Waals surface area contributed by atoms with Crippen LogP contribution in [0, 0.1) is 5.41 Å². The number of aromatic amines is 1. The van der Waals surface area contributed by atoms with E-state index in [1.54, 1.807) is 6.33 Å². The number of rotatable bonds is 5. The summed E-state index contributed by atoms with van der Waals surface area (Å²) in [5.74, 6) is 1.01. The van der Waals surface area contributed by atoms with E-state index in [0.29, 0.717) is 0 Å². The van der Waals surface area contributed by atoms with Gasteiger partial charge in [-0.25, -0.2) is 4.98 Å². The molecule has 2 aliphatic rings. The SMILES string of the molecule is c1n[nH]c(CCCNC2CCC3(CCCC3)CC2)n1. The minimum Gasteiger partial charge on any atom is -0.314 e. The molecule has 4 heteroatoms. The first-order chi connectivity index (χ1) is 9.36. The molecule has 2 N–H and O–H groups in total. The minimum absolute atomic E-state index is 0.762. The Labute approximate surface area is 115 Å². The molecule has 19 heavy (non-hydrogen) atoms. The van der Waals surface area contributed by atoms with E-state index in [-0.39, 0.29) is 0 Å². The molecule has 0 atom stereocenters. The van der Waals surface area contributed by atoms with Gasteiger partial charge in [-0.15, -0.1) is 0 Å². The molecule has 1 aromatic heterocycles. The van der Waals surface area contributed by atoms with Gasteiger partial charge in [-0.05, 0) is 56.9 Å². The summed E-state index contributed by atoms with van der Waals surface area (Å²) in [5, 5.41) is 10.5. The zero-order valence-corrected chi connectivity index (χ0v) is 11.8. The van der Waals surface area contributed by atoms with Crippen LogP contribution in [0.15, 0.2) is 6.33 Å². The molecule has 1 aromatic rings. The molecule has 0 bridgehead atoms. The van der Waals surface area contributed by atoms with E-state index in [0.717, 1.165) is 36.7 Å². The van der Waals surface area contributed by atoms with Gasteiger partial charge in [-0.2, -0.15) is 5.10 Å². The Morgan fingerprint density at radius 2 is 2.00 bits per heavy atom. The molecule has 0 aromatic carbocycles. The number of aromatic nitrogens is 3. The van der Waals surface area contributed by atoms with Crippen LogP contribution >= 0.6 is 0 Å². The third-order valence-corrected chi connectivity index (χ3v) is 5.20. The van der Waals surface area contributed by atoms with Crippen molar-refractivity contribution in [2.24, 2.45) is 5.41 Å². The maximum atomic E-state index is 4.15. The van der Waals surface area contributed by atoms with E-state index in [2.05, 4.69) is 20.5 Å². The predicted molar refractivity (Wildman–Crippen MR) is 75.9 cm³/mol. The lowest BCUT2D eigenvalue weighted by Crippen LogP contribution is -2.37. The van der Waals surface area contributed by atoms with Crippen LogP contribution < -0.4 is 5.32 Å². The lowest BCUT2D eigenvalue weighted by atomic mass is 9.71. The quantitative estimate of drug-likeness (QED) is 0.802. The van der Waals surface area contributed by atoms with Crippen molar-refractivity contribution in [1.29, 1.82) is 0 Å². The summed E-state index contributed by atoms with van der Waals surface area (Å²) in [4.78, 5) is 4.15. The molecule has 1 spiro atoms. The summed E-state index contributed by atoms with van der Waals surface area (Å²) in [7, 11) is 0. The first-order valence-corrected chi connectivity index (χ1v) is 7.94. The molecule has 3 rings (SSSR count). The highest BCUT2D eigenvalue weighted by atomic mass is 15.2. The van der Waals surface area contributed by atoms with E-state index in [9.17, 15) is 0 Å². The normalized spacial score (nSPS) is 23.2. The van der Waals surface area contributed by atoms with E-state index < -0.39 is 0 Å². The number of nitrogens with zero attached hydrogens (tertiary/aromatic N) is 2. The second kappa shape index (κ2) is 6.04. The van der Waals surface area contributed by atoms with Gasteiger partial charge in [0.05, 0.1) is 0 Å². The summed E-state index contributed by atoms with van der Waals surface area (Å²) in [6.07, 6.45) is 15.4. The van der Waals surface area contributed by atoms with Crippen molar-refractivity contribution in [3.63, 3.8) is 0 Å². The number of hydrogen-bond acceptors (Lipinski definition) is 3. The van der Waals surface area contributed by atoms with Crippen molar-refractivity contribution in [2.75, 3.05) is 6.54 Å². The highest BCUT2D eigenvalue weighted by molar-refractivity contribution is 4.91. The molecular formula is C15H26N4. The first kappa shape index (κ1) is 13.1. The maximum absolute atomic E-state index is 4.15. The minimum atomic E-state index is 0.762. The molecule has 2 saturated carbocycles. The Morgan fingerprint density at radius 3 is 2.68 bits per heavy atom. The number of H-pyrrole nitrogens is 1. The fourth-order valence-corrected chi connectivity index (χ4v) is 3.97. The van der Waals surface area contributed by atoms with Crippen molar-refractivity contribution in [3.05, 3.63) is 12.2 Å². The average molecular weight is 262 g/mol. The molecule has 2 aliphatic carbocycles. The summed E-state index contributed by atoms with van der Waals surface area (Å²) in [6.45, 7) is 1.11. The Balaban J connectivity index is 1.31. The number of nitrogens with one attached hydrogen (secondary N) is 2. The van der Waals surface area contributed by atoms with Gasteiger partial charge in [-0.1, -0.05) is 12.8 Å². The van der Waals surface area contributed by atoms with Gasteiger partial charge in [0.1, 0.15) is 12.2 Å². The molecule has 0 radical (unpaired) electrons. The van der Waals surface area contributed by atoms with Gasteiger partial charge < -0.3 is 5.32 Å². The maximum Gasteiger partial charge on any atom is 0.137 e. The van der Waals surface area contributed by atoms with Crippen LogP contribution in [0.5, 0.6) is 0 Å². The van der Waals surface area contributed by atoms with Crippen molar-refractivity contribution in [3.8, 4) is 0 Å². The standard InChI is InChI=1S/C15H26N4/c1-2-8-15(7-1)9-5-13(6-10-15)16-11-3-4-14-17-12-18-19-14/h12-13,16H,1-11H2,(H,17,18,19). The number of hydrogen-bond donors (Lipinski definition) is 2. The highest BCUT2D eigenvalue weighted by Gasteiger charge is 2.37. The molecule has 1 heterocycles. The summed E-state index contributed by atoms with van der Waals surface area (Å²) < 4.78 is 0. The van der Waals surface area contributed by atoms with Crippen molar-refractivity contribution in [2.45, 2.75) is 70.3 Å². The number of aryl methyl sites for hydroxylation is 1. The molecule has 2 fully saturated rings. The predicted octanol–water partition coefficient (Wildman–Crippen LogP) is 2.83. The molecule has 0 saturated heterocycles. The Morgan fingerprint density at radius 1 is 1.21 bits per heavy atom. The van der Waals surface area contributed by atoms with Crippen LogP contribution in [0.1, 0.15) is 63.6 Å². The molecule has 0 amide bonds. The highest BCUT2D eigenvalue weighted by Crippen LogP contribution is 2.48. The molecular weight excluding hydrogens is 236 g/mol. The van der Waals surface area contributed by atoms with Crippen molar-refractivity contribution >= 4 is 0 Å².